The zero-order valence-corrected chi connectivity index (χ0v) is 19.5. The molecule has 2 aromatic heterocycles. The fourth-order valence-corrected chi connectivity index (χ4v) is 4.92. The number of benzene rings is 2. The summed E-state index contributed by atoms with van der Waals surface area (Å²) in [6.07, 6.45) is 4.09. The van der Waals surface area contributed by atoms with Crippen LogP contribution in [0.25, 0.3) is 22.5 Å². The molecule has 2 aromatic carbocycles. The summed E-state index contributed by atoms with van der Waals surface area (Å²) >= 11 is 6.18. The van der Waals surface area contributed by atoms with Crippen LogP contribution in [0.3, 0.4) is 0 Å². The number of aromatic nitrogens is 2. The number of hydrogen-bond acceptors (Lipinski definition) is 7. The third kappa shape index (κ3) is 5.04. The van der Waals surface area contributed by atoms with E-state index >= 15 is 0 Å². The van der Waals surface area contributed by atoms with Crippen molar-refractivity contribution in [2.24, 2.45) is 0 Å². The van der Waals surface area contributed by atoms with Gasteiger partial charge in [0, 0.05) is 31.7 Å². The number of thiazole rings is 2. The molecule has 9 heteroatoms. The second-order valence-corrected chi connectivity index (χ2v) is 9.59. The van der Waals surface area contributed by atoms with E-state index in [0.29, 0.717) is 10.3 Å². The minimum Gasteiger partial charge on any atom is -0.283 e. The first-order valence-electron chi connectivity index (χ1n) is 8.92. The van der Waals surface area contributed by atoms with Crippen molar-refractivity contribution in [1.29, 1.82) is 0 Å². The van der Waals surface area contributed by atoms with Crippen LogP contribution in [0, 0.1) is 0 Å². The van der Waals surface area contributed by atoms with Crippen LogP contribution in [0.4, 0.5) is 15.1 Å². The molecule has 0 saturated heterocycles. The molecule has 0 spiro atoms. The summed E-state index contributed by atoms with van der Waals surface area (Å²) in [6, 6.07) is 16.0. The number of nitrogens with zero attached hydrogens (tertiary/aromatic N) is 2. The van der Waals surface area contributed by atoms with Crippen LogP contribution in [0.5, 0.6) is 0 Å². The van der Waals surface area contributed by atoms with Crippen molar-refractivity contribution in [3.8, 4) is 22.5 Å². The summed E-state index contributed by atoms with van der Waals surface area (Å²) < 4.78 is 0. The van der Waals surface area contributed by atoms with E-state index in [0.717, 1.165) is 22.5 Å². The van der Waals surface area contributed by atoms with Gasteiger partial charge in [-0.15, -0.1) is 46.2 Å². The molecule has 0 unspecified atom stereocenters. The first-order chi connectivity index (χ1) is 14.6. The predicted octanol–water partition coefficient (Wildman–Crippen LogP) is 7.02. The van der Waals surface area contributed by atoms with Gasteiger partial charge in [0.05, 0.1) is 11.4 Å². The van der Waals surface area contributed by atoms with E-state index in [4.69, 9.17) is 0 Å². The van der Waals surface area contributed by atoms with Crippen molar-refractivity contribution < 1.29 is 4.79 Å². The molecule has 0 fully saturated rings. The van der Waals surface area contributed by atoms with Gasteiger partial charge in [0.1, 0.15) is 0 Å². The molecule has 0 aliphatic rings. The van der Waals surface area contributed by atoms with E-state index in [9.17, 15) is 4.79 Å². The smallest absolute Gasteiger partial charge is 0.283 e. The van der Waals surface area contributed by atoms with Gasteiger partial charge in [0.2, 0.25) is 0 Å². The molecular formula is C21H18N4OS4. The standard InChI is InChI=1S/C21H18N4OS4/c1-27-15-7-3-13(4-8-15)17-11-29-20(22-17)24-19(26)25-21-23-18(12-30-21)14-5-9-16(28-2)10-6-14/h3-12H,1-2H3,(H2,22,23,24,25,26). The molecule has 0 radical (unpaired) electrons. The molecule has 4 rings (SSSR count). The lowest BCUT2D eigenvalue weighted by Gasteiger charge is -2.02. The molecule has 0 saturated carbocycles. The molecule has 5 nitrogen and oxygen atoms in total. The number of thioether (sulfide) groups is 2. The molecule has 0 bridgehead atoms. The van der Waals surface area contributed by atoms with Gasteiger partial charge in [0.25, 0.3) is 0 Å². The minimum absolute atomic E-state index is 0.354. The van der Waals surface area contributed by atoms with Gasteiger partial charge in [-0.05, 0) is 36.8 Å². The zero-order valence-electron chi connectivity index (χ0n) is 16.2. The summed E-state index contributed by atoms with van der Waals surface area (Å²) in [5.74, 6) is 0. The van der Waals surface area contributed by atoms with Gasteiger partial charge < -0.3 is 0 Å². The molecule has 152 valence electrons. The van der Waals surface area contributed by atoms with Crippen LogP contribution < -0.4 is 10.6 Å². The monoisotopic (exact) mass is 470 g/mol. The predicted molar refractivity (Wildman–Crippen MR) is 131 cm³/mol. The summed E-state index contributed by atoms with van der Waals surface area (Å²) in [5, 5.41) is 10.5. The highest BCUT2D eigenvalue weighted by atomic mass is 32.2. The van der Waals surface area contributed by atoms with Crippen LogP contribution in [-0.2, 0) is 0 Å². The van der Waals surface area contributed by atoms with E-state index in [-0.39, 0.29) is 6.03 Å². The number of nitrogens with one attached hydrogen (secondary N) is 2. The molecule has 0 aliphatic carbocycles. The maximum absolute atomic E-state index is 12.3. The third-order valence-corrected chi connectivity index (χ3v) is 7.22. The van der Waals surface area contributed by atoms with Crippen molar-refractivity contribution in [3.05, 3.63) is 59.3 Å². The quantitative estimate of drug-likeness (QED) is 0.296. The number of anilines is 2. The Balaban J connectivity index is 1.38. The maximum atomic E-state index is 12.3. The van der Waals surface area contributed by atoms with E-state index in [2.05, 4.69) is 44.9 Å². The van der Waals surface area contributed by atoms with Gasteiger partial charge >= 0.3 is 6.03 Å². The summed E-state index contributed by atoms with van der Waals surface area (Å²) in [5.41, 5.74) is 3.73. The largest absolute Gasteiger partial charge is 0.327 e. The SMILES string of the molecule is CSc1ccc(-c2csc(NC(=O)Nc3nc(-c4ccc(SC)cc4)cs3)n2)cc1. The maximum Gasteiger partial charge on any atom is 0.327 e. The van der Waals surface area contributed by atoms with Crippen LogP contribution in [0.1, 0.15) is 0 Å². The Morgan fingerprint density at radius 2 is 1.13 bits per heavy atom. The lowest BCUT2D eigenvalue weighted by Crippen LogP contribution is -2.19. The highest BCUT2D eigenvalue weighted by Gasteiger charge is 2.11. The molecule has 30 heavy (non-hydrogen) atoms. The Hall–Kier alpha value is -2.33. The number of carbonyl (C=O) groups excluding carboxylic acids is 1. The van der Waals surface area contributed by atoms with E-state index in [1.165, 1.54) is 32.5 Å². The average molecular weight is 471 g/mol. The molecular weight excluding hydrogens is 453 g/mol. The number of rotatable bonds is 6. The third-order valence-electron chi connectivity index (χ3n) is 4.22. The average Bonchev–Trinajstić information content (AvgIpc) is 3.44. The topological polar surface area (TPSA) is 66.9 Å². The van der Waals surface area contributed by atoms with Crippen LogP contribution in [0.2, 0.25) is 0 Å². The van der Waals surface area contributed by atoms with Crippen molar-refractivity contribution in [2.45, 2.75) is 9.79 Å². The lowest BCUT2D eigenvalue weighted by atomic mass is 10.2. The highest BCUT2D eigenvalue weighted by molar-refractivity contribution is 7.98. The first kappa shape index (κ1) is 20.9. The van der Waals surface area contributed by atoms with Gasteiger partial charge in [-0.2, -0.15) is 0 Å². The molecule has 2 N–H and O–H groups in total. The Morgan fingerprint density at radius 1 is 0.733 bits per heavy atom. The van der Waals surface area contributed by atoms with Gasteiger partial charge in [-0.25, -0.2) is 14.8 Å². The van der Waals surface area contributed by atoms with Crippen molar-refractivity contribution in [2.75, 3.05) is 23.1 Å². The minimum atomic E-state index is -0.354. The number of urea groups is 1. The van der Waals surface area contributed by atoms with Crippen LogP contribution in [0.15, 0.2) is 69.1 Å². The summed E-state index contributed by atoms with van der Waals surface area (Å²) in [4.78, 5) is 23.8. The number of carbonyl (C=O) groups is 1. The fraction of sp³-hybridized carbons (Fsp3) is 0.0952. The molecule has 2 heterocycles. The fourth-order valence-electron chi connectivity index (χ4n) is 2.68. The Bertz CT molecular complexity index is 1050. The van der Waals surface area contributed by atoms with Crippen LogP contribution in [-0.4, -0.2) is 28.5 Å². The van der Waals surface area contributed by atoms with E-state index in [1.807, 2.05) is 47.5 Å². The van der Waals surface area contributed by atoms with Crippen molar-refractivity contribution >= 4 is 62.5 Å². The Morgan fingerprint density at radius 3 is 1.50 bits per heavy atom. The molecule has 4 aromatic rings. The second-order valence-electron chi connectivity index (χ2n) is 6.11. The first-order valence-corrected chi connectivity index (χ1v) is 13.1. The lowest BCUT2D eigenvalue weighted by molar-refractivity contribution is 0.262. The summed E-state index contributed by atoms with van der Waals surface area (Å²) in [6.45, 7) is 0. The van der Waals surface area contributed by atoms with Gasteiger partial charge in [-0.1, -0.05) is 24.3 Å². The highest BCUT2D eigenvalue weighted by Crippen LogP contribution is 2.28. The normalized spacial score (nSPS) is 10.7. The number of amides is 2. The Kier molecular flexibility index (Phi) is 6.73. The number of hydrogen-bond donors (Lipinski definition) is 2. The van der Waals surface area contributed by atoms with Crippen molar-refractivity contribution in [3.63, 3.8) is 0 Å². The summed E-state index contributed by atoms with van der Waals surface area (Å²) in [7, 11) is 0. The van der Waals surface area contributed by atoms with Crippen LogP contribution >= 0.6 is 46.2 Å². The van der Waals surface area contributed by atoms with Gasteiger partial charge in [0.15, 0.2) is 10.3 Å². The molecule has 0 atom stereocenters. The van der Waals surface area contributed by atoms with Gasteiger partial charge in [-0.3, -0.25) is 10.6 Å². The van der Waals surface area contributed by atoms with E-state index in [1.54, 1.807) is 23.5 Å². The molecule has 0 aliphatic heterocycles. The van der Waals surface area contributed by atoms with E-state index < -0.39 is 0 Å². The van der Waals surface area contributed by atoms with Crippen molar-refractivity contribution in [1.82, 2.24) is 9.97 Å². The second kappa shape index (κ2) is 9.65. The zero-order chi connectivity index (χ0) is 20.9. The molecule has 2 amide bonds. The Labute approximate surface area is 191 Å².